The summed E-state index contributed by atoms with van der Waals surface area (Å²) in [5.74, 6) is -0.0550. The first-order valence-electron chi connectivity index (χ1n) is 6.75. The highest BCUT2D eigenvalue weighted by atomic mass is 16.5. The second-order valence-electron chi connectivity index (χ2n) is 6.55. The molecule has 1 aliphatic carbocycles. The first kappa shape index (κ1) is 15.4. The lowest BCUT2D eigenvalue weighted by Crippen LogP contribution is -2.70. The Labute approximate surface area is 111 Å². The first-order valence-corrected chi connectivity index (χ1v) is 6.75. The molecule has 1 amide bonds. The molecule has 0 spiro atoms. The molecule has 0 aromatic heterocycles. The van der Waals surface area contributed by atoms with Crippen LogP contribution in [0.5, 0.6) is 0 Å². The summed E-state index contributed by atoms with van der Waals surface area (Å²) < 4.78 is 5.55. The Bertz CT molecular complexity index is 326. The largest absolute Gasteiger partial charge is 0.378 e. The Morgan fingerprint density at radius 2 is 2.06 bits per heavy atom. The fourth-order valence-corrected chi connectivity index (χ4v) is 2.68. The van der Waals surface area contributed by atoms with Gasteiger partial charge in [-0.25, -0.2) is 0 Å². The third kappa shape index (κ3) is 2.41. The van der Waals surface area contributed by atoms with Gasteiger partial charge >= 0.3 is 0 Å². The van der Waals surface area contributed by atoms with Crippen molar-refractivity contribution in [3.8, 4) is 0 Å². The van der Waals surface area contributed by atoms with Crippen molar-refractivity contribution in [1.29, 1.82) is 0 Å². The minimum atomic E-state index is -0.774. The summed E-state index contributed by atoms with van der Waals surface area (Å²) in [5, 5.41) is 3.08. The van der Waals surface area contributed by atoms with Crippen molar-refractivity contribution in [3.05, 3.63) is 0 Å². The quantitative estimate of drug-likeness (QED) is 0.788. The van der Waals surface area contributed by atoms with Gasteiger partial charge in [-0.15, -0.1) is 0 Å². The lowest BCUT2D eigenvalue weighted by atomic mass is 9.55. The van der Waals surface area contributed by atoms with Gasteiger partial charge in [-0.1, -0.05) is 27.2 Å². The molecule has 3 atom stereocenters. The molecule has 0 aromatic rings. The summed E-state index contributed by atoms with van der Waals surface area (Å²) in [5.41, 5.74) is 5.03. The molecule has 106 valence electrons. The number of rotatable bonds is 5. The third-order valence-corrected chi connectivity index (χ3v) is 4.87. The van der Waals surface area contributed by atoms with E-state index in [1.165, 1.54) is 0 Å². The van der Waals surface area contributed by atoms with Crippen LogP contribution in [-0.2, 0) is 9.53 Å². The van der Waals surface area contributed by atoms with Crippen molar-refractivity contribution in [2.24, 2.45) is 11.1 Å². The van der Waals surface area contributed by atoms with Crippen LogP contribution >= 0.6 is 0 Å². The maximum absolute atomic E-state index is 12.2. The Morgan fingerprint density at radius 1 is 1.50 bits per heavy atom. The molecular weight excluding hydrogens is 228 g/mol. The predicted molar refractivity (Wildman–Crippen MR) is 73.2 cm³/mol. The second-order valence-corrected chi connectivity index (χ2v) is 6.55. The highest BCUT2D eigenvalue weighted by molar-refractivity contribution is 5.86. The van der Waals surface area contributed by atoms with Crippen LogP contribution in [0.2, 0.25) is 0 Å². The molecule has 0 radical (unpaired) electrons. The van der Waals surface area contributed by atoms with E-state index >= 15 is 0 Å². The number of hydrogen-bond donors (Lipinski definition) is 2. The molecule has 3 unspecified atom stereocenters. The van der Waals surface area contributed by atoms with Gasteiger partial charge in [-0.2, -0.15) is 0 Å². The van der Waals surface area contributed by atoms with Gasteiger partial charge in [0.25, 0.3) is 0 Å². The van der Waals surface area contributed by atoms with Gasteiger partial charge in [-0.05, 0) is 26.7 Å². The molecule has 1 fully saturated rings. The molecule has 3 N–H and O–H groups in total. The van der Waals surface area contributed by atoms with Gasteiger partial charge in [0, 0.05) is 18.6 Å². The SMILES string of the molecule is CCCC(C)(N)C(=O)NC1CC(C)(OC)C1(C)C. The normalized spacial score (nSPS) is 33.4. The lowest BCUT2D eigenvalue weighted by molar-refractivity contribution is -0.183. The fourth-order valence-electron chi connectivity index (χ4n) is 2.68. The maximum Gasteiger partial charge on any atom is 0.240 e. The summed E-state index contributed by atoms with van der Waals surface area (Å²) in [7, 11) is 1.73. The Hall–Kier alpha value is -0.610. The van der Waals surface area contributed by atoms with E-state index in [9.17, 15) is 4.79 Å². The monoisotopic (exact) mass is 256 g/mol. The number of ether oxygens (including phenoxy) is 1. The third-order valence-electron chi connectivity index (χ3n) is 4.87. The van der Waals surface area contributed by atoms with Crippen LogP contribution in [0, 0.1) is 5.41 Å². The molecule has 0 heterocycles. The topological polar surface area (TPSA) is 64.4 Å². The average molecular weight is 256 g/mol. The summed E-state index contributed by atoms with van der Waals surface area (Å²) >= 11 is 0. The molecule has 4 heteroatoms. The second kappa shape index (κ2) is 4.82. The number of hydrogen-bond acceptors (Lipinski definition) is 3. The van der Waals surface area contributed by atoms with Gasteiger partial charge in [0.05, 0.1) is 11.1 Å². The zero-order valence-electron chi connectivity index (χ0n) is 12.6. The molecule has 18 heavy (non-hydrogen) atoms. The van der Waals surface area contributed by atoms with Crippen molar-refractivity contribution < 1.29 is 9.53 Å². The van der Waals surface area contributed by atoms with Crippen molar-refractivity contribution in [2.75, 3.05) is 7.11 Å². The zero-order valence-corrected chi connectivity index (χ0v) is 12.6. The van der Waals surface area contributed by atoms with E-state index in [0.717, 1.165) is 12.8 Å². The van der Waals surface area contributed by atoms with Gasteiger partial charge in [0.15, 0.2) is 0 Å². The Kier molecular flexibility index (Phi) is 4.13. The van der Waals surface area contributed by atoms with Crippen molar-refractivity contribution >= 4 is 5.91 Å². The van der Waals surface area contributed by atoms with Crippen LogP contribution in [0.4, 0.5) is 0 Å². The van der Waals surface area contributed by atoms with E-state index in [0.29, 0.717) is 6.42 Å². The van der Waals surface area contributed by atoms with Crippen LogP contribution in [0.25, 0.3) is 0 Å². The fraction of sp³-hybridized carbons (Fsp3) is 0.929. The van der Waals surface area contributed by atoms with E-state index < -0.39 is 5.54 Å². The van der Waals surface area contributed by atoms with E-state index in [2.05, 4.69) is 26.1 Å². The van der Waals surface area contributed by atoms with Crippen LogP contribution in [0.1, 0.15) is 53.9 Å². The summed E-state index contributed by atoms with van der Waals surface area (Å²) in [6, 6.07) is 0.134. The van der Waals surface area contributed by atoms with Gasteiger partial charge in [-0.3, -0.25) is 4.79 Å². The van der Waals surface area contributed by atoms with Crippen LogP contribution < -0.4 is 11.1 Å². The number of carbonyl (C=O) groups excluding carboxylic acids is 1. The maximum atomic E-state index is 12.2. The van der Waals surface area contributed by atoms with Crippen LogP contribution in [0.15, 0.2) is 0 Å². The average Bonchev–Trinajstić information content (AvgIpc) is 2.27. The summed E-state index contributed by atoms with van der Waals surface area (Å²) in [6.45, 7) is 10.2. The molecule has 1 saturated carbocycles. The van der Waals surface area contributed by atoms with Gasteiger partial charge in [0.2, 0.25) is 5.91 Å². The number of carbonyl (C=O) groups is 1. The molecule has 0 aromatic carbocycles. The standard InChI is InChI=1S/C14H28N2O2/c1-7-8-13(4,15)11(17)16-10-9-14(5,18-6)12(10,2)3/h10H,7-9,15H2,1-6H3,(H,16,17). The Balaban J connectivity index is 2.64. The molecular formula is C14H28N2O2. The van der Waals surface area contributed by atoms with E-state index in [4.69, 9.17) is 10.5 Å². The zero-order chi connectivity index (χ0) is 14.2. The first-order chi connectivity index (χ1) is 8.10. The van der Waals surface area contributed by atoms with Crippen LogP contribution in [-0.4, -0.2) is 30.2 Å². The van der Waals surface area contributed by atoms with E-state index in [1.807, 2.05) is 6.92 Å². The number of amides is 1. The molecule has 0 bridgehead atoms. The minimum Gasteiger partial charge on any atom is -0.378 e. The minimum absolute atomic E-state index is 0.0550. The lowest BCUT2D eigenvalue weighted by Gasteiger charge is -2.59. The number of methoxy groups -OCH3 is 1. The van der Waals surface area contributed by atoms with E-state index in [1.54, 1.807) is 14.0 Å². The molecule has 4 nitrogen and oxygen atoms in total. The number of nitrogens with two attached hydrogens (primary N) is 1. The van der Waals surface area contributed by atoms with Crippen LogP contribution in [0.3, 0.4) is 0 Å². The Morgan fingerprint density at radius 3 is 2.44 bits per heavy atom. The molecule has 0 aliphatic heterocycles. The van der Waals surface area contributed by atoms with Gasteiger partial charge < -0.3 is 15.8 Å². The highest BCUT2D eigenvalue weighted by Crippen LogP contribution is 2.51. The van der Waals surface area contributed by atoms with Crippen molar-refractivity contribution in [2.45, 2.75) is 71.1 Å². The van der Waals surface area contributed by atoms with Gasteiger partial charge in [0.1, 0.15) is 0 Å². The number of nitrogens with one attached hydrogen (secondary N) is 1. The summed E-state index contributed by atoms with van der Waals surface area (Å²) in [6.07, 6.45) is 2.45. The highest BCUT2D eigenvalue weighted by Gasteiger charge is 2.58. The van der Waals surface area contributed by atoms with Crippen molar-refractivity contribution in [3.63, 3.8) is 0 Å². The molecule has 1 rings (SSSR count). The summed E-state index contributed by atoms with van der Waals surface area (Å²) in [4.78, 5) is 12.2. The predicted octanol–water partition coefficient (Wildman–Crippen LogP) is 1.82. The van der Waals surface area contributed by atoms with E-state index in [-0.39, 0.29) is 23.0 Å². The smallest absolute Gasteiger partial charge is 0.240 e. The molecule has 1 aliphatic rings. The molecule has 0 saturated heterocycles. The van der Waals surface area contributed by atoms with Crippen molar-refractivity contribution in [1.82, 2.24) is 5.32 Å².